The number of aliphatic carboxylic acids is 1. The van der Waals surface area contributed by atoms with Crippen LogP contribution in [0.5, 0.6) is 0 Å². The highest BCUT2D eigenvalue weighted by atomic mass is 16.4. The molecule has 0 unspecified atom stereocenters. The first-order chi connectivity index (χ1) is 8.85. The third-order valence-corrected chi connectivity index (χ3v) is 2.99. The highest BCUT2D eigenvalue weighted by molar-refractivity contribution is 5.83. The number of nitrogens with one attached hydrogen (secondary N) is 2. The Hall–Kier alpha value is -2.04. The van der Waals surface area contributed by atoms with Gasteiger partial charge < -0.3 is 15.7 Å². The molecule has 0 aliphatic carbocycles. The van der Waals surface area contributed by atoms with Crippen LogP contribution < -0.4 is 10.6 Å². The lowest BCUT2D eigenvalue weighted by Crippen LogP contribution is -2.49. The molecule has 3 N–H and O–H groups in total. The van der Waals surface area contributed by atoms with Crippen LogP contribution in [-0.4, -0.2) is 22.6 Å². The summed E-state index contributed by atoms with van der Waals surface area (Å²) in [5.41, 5.74) is 0.170. The van der Waals surface area contributed by atoms with Gasteiger partial charge in [-0.3, -0.25) is 0 Å². The van der Waals surface area contributed by atoms with Gasteiger partial charge in [0.15, 0.2) is 6.04 Å². The second-order valence-corrected chi connectivity index (χ2v) is 5.02. The third-order valence-electron chi connectivity index (χ3n) is 2.99. The number of carboxylic acids is 1. The van der Waals surface area contributed by atoms with Crippen molar-refractivity contribution in [1.82, 2.24) is 10.6 Å². The van der Waals surface area contributed by atoms with Crippen molar-refractivity contribution in [2.75, 3.05) is 0 Å². The second kappa shape index (κ2) is 6.22. The molecule has 0 saturated carbocycles. The van der Waals surface area contributed by atoms with Crippen LogP contribution in [0.1, 0.15) is 38.8 Å². The Kier molecular flexibility index (Phi) is 4.92. The Morgan fingerprint density at radius 2 is 1.84 bits per heavy atom. The van der Waals surface area contributed by atoms with Gasteiger partial charge in [0.05, 0.1) is 0 Å². The third kappa shape index (κ3) is 4.62. The number of urea groups is 1. The Morgan fingerprint density at radius 1 is 1.26 bits per heavy atom. The number of benzene rings is 1. The van der Waals surface area contributed by atoms with E-state index in [-0.39, 0.29) is 5.54 Å². The fraction of sp³-hybridized carbons (Fsp3) is 0.429. The molecule has 0 bridgehead atoms. The predicted molar refractivity (Wildman–Crippen MR) is 72.9 cm³/mol. The lowest BCUT2D eigenvalue weighted by molar-refractivity contribution is -0.139. The maximum Gasteiger partial charge on any atom is 0.330 e. The number of hydrogen-bond donors (Lipinski definition) is 3. The van der Waals surface area contributed by atoms with E-state index in [9.17, 15) is 14.7 Å². The van der Waals surface area contributed by atoms with E-state index >= 15 is 0 Å². The van der Waals surface area contributed by atoms with Gasteiger partial charge in [0.1, 0.15) is 0 Å². The second-order valence-electron chi connectivity index (χ2n) is 5.02. The van der Waals surface area contributed by atoms with E-state index in [0.717, 1.165) is 6.42 Å². The van der Waals surface area contributed by atoms with Crippen molar-refractivity contribution in [3.05, 3.63) is 35.9 Å². The molecule has 0 aromatic heterocycles. The van der Waals surface area contributed by atoms with Gasteiger partial charge in [-0.2, -0.15) is 0 Å². The van der Waals surface area contributed by atoms with E-state index in [1.807, 2.05) is 20.8 Å². The summed E-state index contributed by atoms with van der Waals surface area (Å²) in [6, 6.07) is 7.08. The average molecular weight is 264 g/mol. The summed E-state index contributed by atoms with van der Waals surface area (Å²) in [7, 11) is 0. The maximum atomic E-state index is 11.8. The zero-order chi connectivity index (χ0) is 14.5. The van der Waals surface area contributed by atoms with Gasteiger partial charge in [-0.25, -0.2) is 9.59 Å². The van der Waals surface area contributed by atoms with Crippen LogP contribution in [0.15, 0.2) is 30.3 Å². The number of carboxylic acid groups (broad SMARTS) is 1. The molecule has 5 nitrogen and oxygen atoms in total. The lowest BCUT2D eigenvalue weighted by Gasteiger charge is -2.26. The largest absolute Gasteiger partial charge is 0.479 e. The minimum atomic E-state index is -1.09. The number of hydrogen-bond acceptors (Lipinski definition) is 2. The van der Waals surface area contributed by atoms with Gasteiger partial charge in [0.25, 0.3) is 0 Å². The van der Waals surface area contributed by atoms with Crippen molar-refractivity contribution in [3.8, 4) is 0 Å². The van der Waals surface area contributed by atoms with Gasteiger partial charge >= 0.3 is 12.0 Å². The van der Waals surface area contributed by atoms with E-state index in [1.54, 1.807) is 30.3 Å². The van der Waals surface area contributed by atoms with E-state index in [0.29, 0.717) is 5.56 Å². The molecule has 0 aliphatic heterocycles. The summed E-state index contributed by atoms with van der Waals surface area (Å²) >= 11 is 0. The molecule has 0 saturated heterocycles. The number of rotatable bonds is 5. The van der Waals surface area contributed by atoms with Crippen LogP contribution in [0.2, 0.25) is 0 Å². The predicted octanol–water partition coefficient (Wildman–Crippen LogP) is 2.30. The van der Waals surface area contributed by atoms with E-state index in [1.165, 1.54) is 0 Å². The number of amides is 2. The van der Waals surface area contributed by atoms with Crippen molar-refractivity contribution in [2.24, 2.45) is 0 Å². The molecule has 19 heavy (non-hydrogen) atoms. The molecule has 1 atom stereocenters. The van der Waals surface area contributed by atoms with Gasteiger partial charge in [-0.05, 0) is 25.8 Å². The molecule has 104 valence electrons. The molecular weight excluding hydrogens is 244 g/mol. The van der Waals surface area contributed by atoms with Crippen molar-refractivity contribution in [2.45, 2.75) is 38.8 Å². The summed E-state index contributed by atoms with van der Waals surface area (Å²) in [5, 5.41) is 14.4. The van der Waals surface area contributed by atoms with Crippen LogP contribution in [0.25, 0.3) is 0 Å². The minimum absolute atomic E-state index is 0.371. The van der Waals surface area contributed by atoms with E-state index < -0.39 is 18.0 Å². The van der Waals surface area contributed by atoms with Crippen molar-refractivity contribution >= 4 is 12.0 Å². The molecule has 1 rings (SSSR count). The van der Waals surface area contributed by atoms with Gasteiger partial charge in [-0.15, -0.1) is 0 Å². The topological polar surface area (TPSA) is 78.4 Å². The fourth-order valence-corrected chi connectivity index (χ4v) is 1.50. The van der Waals surface area contributed by atoms with Crippen molar-refractivity contribution < 1.29 is 14.7 Å². The smallest absolute Gasteiger partial charge is 0.330 e. The molecule has 1 aromatic rings. The first-order valence-corrected chi connectivity index (χ1v) is 6.22. The standard InChI is InChI=1S/C14H20N2O3/c1-4-14(2,3)16-13(19)15-11(12(17)18)10-8-6-5-7-9-10/h5-9,11H,4H2,1-3H3,(H,17,18)(H2,15,16,19)/t11-/m1/s1. The molecule has 2 amide bonds. The molecule has 5 heteroatoms. The average Bonchev–Trinajstić information content (AvgIpc) is 2.36. The molecule has 0 aliphatic rings. The zero-order valence-electron chi connectivity index (χ0n) is 11.4. The Balaban J connectivity index is 2.76. The van der Waals surface area contributed by atoms with Crippen molar-refractivity contribution in [1.29, 1.82) is 0 Å². The molecular formula is C14H20N2O3. The number of carbonyl (C=O) groups is 2. The first kappa shape index (κ1) is 15.0. The molecule has 0 spiro atoms. The Bertz CT molecular complexity index is 443. The molecule has 0 heterocycles. The number of carbonyl (C=O) groups excluding carboxylic acids is 1. The summed E-state index contributed by atoms with van der Waals surface area (Å²) in [6.45, 7) is 5.71. The molecule has 1 aromatic carbocycles. The maximum absolute atomic E-state index is 11.8. The SMILES string of the molecule is CCC(C)(C)NC(=O)N[C@@H](C(=O)O)c1ccccc1. The van der Waals surface area contributed by atoms with Gasteiger partial charge in [0.2, 0.25) is 0 Å². The quantitative estimate of drug-likeness (QED) is 0.763. The summed E-state index contributed by atoms with van der Waals surface area (Å²) < 4.78 is 0. The summed E-state index contributed by atoms with van der Waals surface area (Å²) in [5.74, 6) is -1.09. The Morgan fingerprint density at radius 3 is 2.32 bits per heavy atom. The normalized spacial score (nSPS) is 12.6. The summed E-state index contributed by atoms with van der Waals surface area (Å²) in [4.78, 5) is 23.0. The monoisotopic (exact) mass is 264 g/mol. The van der Waals surface area contributed by atoms with Crippen LogP contribution in [0.4, 0.5) is 4.79 Å². The highest BCUT2D eigenvalue weighted by Crippen LogP contribution is 2.13. The minimum Gasteiger partial charge on any atom is -0.479 e. The van der Waals surface area contributed by atoms with E-state index in [2.05, 4.69) is 10.6 Å². The molecule has 0 radical (unpaired) electrons. The van der Waals surface area contributed by atoms with Crippen molar-refractivity contribution in [3.63, 3.8) is 0 Å². The zero-order valence-corrected chi connectivity index (χ0v) is 11.4. The van der Waals surface area contributed by atoms with Gasteiger partial charge in [-0.1, -0.05) is 37.3 Å². The van der Waals surface area contributed by atoms with Crippen LogP contribution in [0.3, 0.4) is 0 Å². The fourth-order valence-electron chi connectivity index (χ4n) is 1.50. The highest BCUT2D eigenvalue weighted by Gasteiger charge is 2.24. The lowest BCUT2D eigenvalue weighted by atomic mass is 10.0. The van der Waals surface area contributed by atoms with Crippen LogP contribution in [-0.2, 0) is 4.79 Å². The van der Waals surface area contributed by atoms with Gasteiger partial charge in [0, 0.05) is 5.54 Å². The molecule has 0 fully saturated rings. The van der Waals surface area contributed by atoms with Crippen LogP contribution in [0, 0.1) is 0 Å². The Labute approximate surface area is 113 Å². The van der Waals surface area contributed by atoms with Crippen LogP contribution >= 0.6 is 0 Å². The first-order valence-electron chi connectivity index (χ1n) is 6.22. The summed E-state index contributed by atoms with van der Waals surface area (Å²) in [6.07, 6.45) is 0.753. The van der Waals surface area contributed by atoms with E-state index in [4.69, 9.17) is 0 Å².